The van der Waals surface area contributed by atoms with Crippen molar-refractivity contribution < 1.29 is 9.47 Å². The van der Waals surface area contributed by atoms with E-state index in [1.807, 2.05) is 31.2 Å². The van der Waals surface area contributed by atoms with Crippen LogP contribution in [0.5, 0.6) is 11.5 Å². The Morgan fingerprint density at radius 3 is 2.56 bits per heavy atom. The van der Waals surface area contributed by atoms with E-state index in [0.29, 0.717) is 6.61 Å². The van der Waals surface area contributed by atoms with Gasteiger partial charge in [-0.25, -0.2) is 0 Å². The maximum absolute atomic E-state index is 5.60. The quantitative estimate of drug-likeness (QED) is 0.856. The lowest BCUT2D eigenvalue weighted by Crippen LogP contribution is -1.95. The summed E-state index contributed by atoms with van der Waals surface area (Å²) in [7, 11) is 1.65. The summed E-state index contributed by atoms with van der Waals surface area (Å²) in [5.41, 5.74) is 2.04. The van der Waals surface area contributed by atoms with Crippen molar-refractivity contribution in [1.29, 1.82) is 0 Å². The van der Waals surface area contributed by atoms with Gasteiger partial charge in [-0.2, -0.15) is 5.10 Å². The zero-order chi connectivity index (χ0) is 11.4. The third-order valence-electron chi connectivity index (χ3n) is 2.34. The second kappa shape index (κ2) is 4.70. The van der Waals surface area contributed by atoms with E-state index in [1.165, 1.54) is 0 Å². The van der Waals surface area contributed by atoms with Crippen molar-refractivity contribution in [1.82, 2.24) is 10.2 Å². The molecule has 0 amide bonds. The van der Waals surface area contributed by atoms with Crippen LogP contribution in [-0.2, 0) is 6.61 Å². The van der Waals surface area contributed by atoms with Crippen LogP contribution in [0.2, 0.25) is 0 Å². The van der Waals surface area contributed by atoms with Crippen molar-refractivity contribution in [3.8, 4) is 11.5 Å². The van der Waals surface area contributed by atoms with Gasteiger partial charge in [-0.05, 0) is 24.6 Å². The van der Waals surface area contributed by atoms with E-state index in [1.54, 1.807) is 13.3 Å². The predicted octanol–water partition coefficient (Wildman–Crippen LogP) is 2.31. The van der Waals surface area contributed by atoms with Gasteiger partial charge in [-0.3, -0.25) is 5.10 Å². The minimum Gasteiger partial charge on any atom is -0.497 e. The van der Waals surface area contributed by atoms with E-state index in [0.717, 1.165) is 22.8 Å². The molecule has 0 aliphatic carbocycles. The van der Waals surface area contributed by atoms with E-state index in [2.05, 4.69) is 10.2 Å². The normalized spacial score (nSPS) is 10.1. The number of nitrogens with one attached hydrogen (secondary N) is 1. The second-order valence-electron chi connectivity index (χ2n) is 3.50. The molecule has 1 N–H and O–H groups in total. The molecule has 0 radical (unpaired) electrons. The van der Waals surface area contributed by atoms with E-state index in [9.17, 15) is 0 Å². The fraction of sp³-hybridized carbons (Fsp3) is 0.250. The predicted molar refractivity (Wildman–Crippen MR) is 60.7 cm³/mol. The molecule has 0 aliphatic rings. The number of methoxy groups -OCH3 is 1. The fourth-order valence-electron chi connectivity index (χ4n) is 1.37. The Morgan fingerprint density at radius 2 is 2.00 bits per heavy atom. The number of ether oxygens (including phenoxy) is 2. The first-order valence-corrected chi connectivity index (χ1v) is 5.05. The van der Waals surface area contributed by atoms with Gasteiger partial charge in [-0.15, -0.1) is 0 Å². The van der Waals surface area contributed by atoms with Crippen LogP contribution in [-0.4, -0.2) is 17.3 Å². The van der Waals surface area contributed by atoms with Crippen LogP contribution in [0, 0.1) is 6.92 Å². The van der Waals surface area contributed by atoms with Crippen LogP contribution in [0.1, 0.15) is 11.3 Å². The van der Waals surface area contributed by atoms with E-state index in [4.69, 9.17) is 9.47 Å². The first-order chi connectivity index (χ1) is 7.79. The number of benzene rings is 1. The SMILES string of the molecule is COc1ccc(COc2cn[nH]c2C)cc1. The molecule has 0 bridgehead atoms. The highest BCUT2D eigenvalue weighted by molar-refractivity contribution is 5.28. The van der Waals surface area contributed by atoms with Gasteiger partial charge in [0.15, 0.2) is 5.75 Å². The van der Waals surface area contributed by atoms with Crippen molar-refractivity contribution >= 4 is 0 Å². The van der Waals surface area contributed by atoms with Crippen molar-refractivity contribution in [2.24, 2.45) is 0 Å². The maximum Gasteiger partial charge on any atom is 0.160 e. The standard InChI is InChI=1S/C12H14N2O2/c1-9-12(7-13-14-9)16-8-10-3-5-11(15-2)6-4-10/h3-7H,8H2,1-2H3,(H,13,14). The molecule has 84 valence electrons. The lowest BCUT2D eigenvalue weighted by Gasteiger charge is -2.05. The van der Waals surface area contributed by atoms with Crippen LogP contribution in [0.25, 0.3) is 0 Å². The van der Waals surface area contributed by atoms with E-state index in [-0.39, 0.29) is 0 Å². The molecule has 0 atom stereocenters. The summed E-state index contributed by atoms with van der Waals surface area (Å²) in [5, 5.41) is 6.72. The Kier molecular flexibility index (Phi) is 3.10. The maximum atomic E-state index is 5.60. The Balaban J connectivity index is 1.97. The van der Waals surface area contributed by atoms with Gasteiger partial charge >= 0.3 is 0 Å². The summed E-state index contributed by atoms with van der Waals surface area (Å²) < 4.78 is 10.7. The van der Waals surface area contributed by atoms with Gasteiger partial charge in [0.05, 0.1) is 19.0 Å². The molecule has 0 fully saturated rings. The van der Waals surface area contributed by atoms with Gasteiger partial charge in [0.1, 0.15) is 12.4 Å². The number of aromatic amines is 1. The van der Waals surface area contributed by atoms with Crippen LogP contribution in [0.3, 0.4) is 0 Å². The van der Waals surface area contributed by atoms with Gasteiger partial charge in [0.25, 0.3) is 0 Å². The molecule has 0 spiro atoms. The Labute approximate surface area is 94.2 Å². The lowest BCUT2D eigenvalue weighted by molar-refractivity contribution is 0.304. The smallest absolute Gasteiger partial charge is 0.160 e. The summed E-state index contributed by atoms with van der Waals surface area (Å²) in [6.45, 7) is 2.46. The summed E-state index contributed by atoms with van der Waals surface area (Å²) in [5.74, 6) is 1.64. The summed E-state index contributed by atoms with van der Waals surface area (Å²) in [4.78, 5) is 0. The number of hydrogen-bond acceptors (Lipinski definition) is 3. The minimum absolute atomic E-state index is 0.532. The molecular weight excluding hydrogens is 204 g/mol. The molecule has 16 heavy (non-hydrogen) atoms. The van der Waals surface area contributed by atoms with Crippen LogP contribution < -0.4 is 9.47 Å². The number of hydrogen-bond donors (Lipinski definition) is 1. The number of nitrogens with zero attached hydrogens (tertiary/aromatic N) is 1. The summed E-state index contributed by atoms with van der Waals surface area (Å²) in [6, 6.07) is 7.80. The van der Waals surface area contributed by atoms with Gasteiger partial charge < -0.3 is 9.47 Å². The third-order valence-corrected chi connectivity index (χ3v) is 2.34. The average Bonchev–Trinajstić information content (AvgIpc) is 2.73. The zero-order valence-electron chi connectivity index (χ0n) is 9.36. The molecule has 2 aromatic rings. The first kappa shape index (κ1) is 10.5. The van der Waals surface area contributed by atoms with Crippen LogP contribution in [0.4, 0.5) is 0 Å². The minimum atomic E-state index is 0.532. The topological polar surface area (TPSA) is 47.1 Å². The number of aromatic nitrogens is 2. The summed E-state index contributed by atoms with van der Waals surface area (Å²) in [6.07, 6.45) is 1.68. The van der Waals surface area contributed by atoms with Crippen molar-refractivity contribution in [3.63, 3.8) is 0 Å². The van der Waals surface area contributed by atoms with Gasteiger partial charge in [0.2, 0.25) is 0 Å². The number of H-pyrrole nitrogens is 1. The summed E-state index contributed by atoms with van der Waals surface area (Å²) >= 11 is 0. The molecule has 2 rings (SSSR count). The lowest BCUT2D eigenvalue weighted by atomic mass is 10.2. The molecule has 1 aromatic heterocycles. The van der Waals surface area contributed by atoms with E-state index >= 15 is 0 Å². The average molecular weight is 218 g/mol. The molecule has 1 aromatic carbocycles. The molecule has 0 aliphatic heterocycles. The van der Waals surface area contributed by atoms with Gasteiger partial charge in [0, 0.05) is 0 Å². The highest BCUT2D eigenvalue weighted by Crippen LogP contribution is 2.16. The zero-order valence-corrected chi connectivity index (χ0v) is 9.36. The highest BCUT2D eigenvalue weighted by atomic mass is 16.5. The third kappa shape index (κ3) is 2.34. The monoisotopic (exact) mass is 218 g/mol. The van der Waals surface area contributed by atoms with Crippen LogP contribution in [0.15, 0.2) is 30.5 Å². The molecule has 1 heterocycles. The molecule has 0 saturated carbocycles. The molecular formula is C12H14N2O2. The molecule has 4 heteroatoms. The Morgan fingerprint density at radius 1 is 1.25 bits per heavy atom. The van der Waals surface area contributed by atoms with Gasteiger partial charge in [-0.1, -0.05) is 12.1 Å². The number of rotatable bonds is 4. The second-order valence-corrected chi connectivity index (χ2v) is 3.50. The first-order valence-electron chi connectivity index (χ1n) is 5.05. The van der Waals surface area contributed by atoms with E-state index < -0.39 is 0 Å². The van der Waals surface area contributed by atoms with Crippen LogP contribution >= 0.6 is 0 Å². The van der Waals surface area contributed by atoms with Crippen molar-refractivity contribution in [2.75, 3.05) is 7.11 Å². The number of aryl methyl sites for hydroxylation is 1. The largest absolute Gasteiger partial charge is 0.497 e. The molecule has 4 nitrogen and oxygen atoms in total. The molecule has 0 unspecified atom stereocenters. The fourth-order valence-corrected chi connectivity index (χ4v) is 1.37. The van der Waals surface area contributed by atoms with Crippen molar-refractivity contribution in [2.45, 2.75) is 13.5 Å². The van der Waals surface area contributed by atoms with Crippen molar-refractivity contribution in [3.05, 3.63) is 41.7 Å². The Hall–Kier alpha value is -1.97. The Bertz CT molecular complexity index is 448. The molecule has 0 saturated heterocycles. The highest BCUT2D eigenvalue weighted by Gasteiger charge is 2.01.